The average Bonchev–Trinajstić information content (AvgIpc) is 2.84. The maximum Gasteiger partial charge on any atom is 0.0701 e. The summed E-state index contributed by atoms with van der Waals surface area (Å²) in [5.41, 5.74) is 1.46. The Labute approximate surface area is 119 Å². The number of ether oxygens (including phenoxy) is 3. The summed E-state index contributed by atoms with van der Waals surface area (Å²) >= 11 is 1.93. The predicted octanol–water partition coefficient (Wildman–Crippen LogP) is 2.77. The van der Waals surface area contributed by atoms with Crippen LogP contribution in [0.25, 0.3) is 0 Å². The van der Waals surface area contributed by atoms with Crippen molar-refractivity contribution < 1.29 is 14.2 Å². The fraction of sp³-hybridized carbons (Fsp3) is 0.600. The molecular formula is C15H22O3S. The smallest absolute Gasteiger partial charge is 0.0701 e. The van der Waals surface area contributed by atoms with Crippen LogP contribution >= 0.6 is 11.8 Å². The van der Waals surface area contributed by atoms with Gasteiger partial charge < -0.3 is 14.2 Å². The van der Waals surface area contributed by atoms with Crippen molar-refractivity contribution in [1.29, 1.82) is 0 Å². The summed E-state index contributed by atoms with van der Waals surface area (Å²) in [6.45, 7) is 3.67. The summed E-state index contributed by atoms with van der Waals surface area (Å²) in [6, 6.07) is 8.61. The standard InChI is InChI=1S/C15H22O3S/c1-16-7-4-8-17-9-10-18-12-14-11-13-5-2-3-6-15(13)19-14/h2-3,5-6,14H,4,7-12H2,1H3. The Morgan fingerprint density at radius 3 is 2.79 bits per heavy atom. The van der Waals surface area contributed by atoms with Crippen molar-refractivity contribution >= 4 is 11.8 Å². The molecule has 3 nitrogen and oxygen atoms in total. The van der Waals surface area contributed by atoms with Gasteiger partial charge in [0.05, 0.1) is 19.8 Å². The summed E-state index contributed by atoms with van der Waals surface area (Å²) in [6.07, 6.45) is 2.07. The Hall–Kier alpha value is -0.550. The summed E-state index contributed by atoms with van der Waals surface area (Å²) in [5, 5.41) is 0.561. The highest BCUT2D eigenvalue weighted by molar-refractivity contribution is 8.00. The first-order valence-corrected chi connectivity index (χ1v) is 7.67. The molecule has 106 valence electrons. The Kier molecular flexibility index (Phi) is 6.71. The van der Waals surface area contributed by atoms with Gasteiger partial charge in [-0.05, 0) is 24.5 Å². The number of hydrogen-bond acceptors (Lipinski definition) is 4. The molecule has 4 heteroatoms. The molecule has 1 aromatic rings. The third kappa shape index (κ3) is 5.15. The van der Waals surface area contributed by atoms with Gasteiger partial charge in [0.25, 0.3) is 0 Å². The SMILES string of the molecule is COCCCOCCOCC1Cc2ccccc2S1. The molecule has 1 aliphatic rings. The van der Waals surface area contributed by atoms with Crippen LogP contribution < -0.4 is 0 Å². The van der Waals surface area contributed by atoms with E-state index in [1.165, 1.54) is 10.5 Å². The second-order valence-electron chi connectivity index (χ2n) is 4.59. The lowest BCUT2D eigenvalue weighted by Crippen LogP contribution is -2.14. The van der Waals surface area contributed by atoms with Gasteiger partial charge in [0.2, 0.25) is 0 Å². The normalized spacial score (nSPS) is 17.6. The van der Waals surface area contributed by atoms with Crippen LogP contribution in [0.2, 0.25) is 0 Å². The lowest BCUT2D eigenvalue weighted by Gasteiger charge is -2.09. The Balaban J connectivity index is 1.49. The molecule has 2 rings (SSSR count). The molecule has 1 atom stereocenters. The number of rotatable bonds is 9. The molecule has 1 heterocycles. The molecule has 0 bridgehead atoms. The summed E-state index contributed by atoms with van der Waals surface area (Å²) < 4.78 is 16.1. The molecule has 19 heavy (non-hydrogen) atoms. The summed E-state index contributed by atoms with van der Waals surface area (Å²) in [5.74, 6) is 0. The highest BCUT2D eigenvalue weighted by Gasteiger charge is 2.21. The van der Waals surface area contributed by atoms with Crippen LogP contribution in [0.5, 0.6) is 0 Å². The third-order valence-electron chi connectivity index (χ3n) is 3.03. The molecular weight excluding hydrogens is 260 g/mol. The topological polar surface area (TPSA) is 27.7 Å². The van der Waals surface area contributed by atoms with Gasteiger partial charge >= 0.3 is 0 Å². The van der Waals surface area contributed by atoms with Crippen LogP contribution in [0.4, 0.5) is 0 Å². The molecule has 1 aliphatic heterocycles. The van der Waals surface area contributed by atoms with Crippen LogP contribution in [-0.2, 0) is 20.6 Å². The van der Waals surface area contributed by atoms with Gasteiger partial charge in [-0.15, -0.1) is 11.8 Å². The monoisotopic (exact) mass is 282 g/mol. The first-order valence-electron chi connectivity index (χ1n) is 6.79. The van der Waals surface area contributed by atoms with E-state index in [-0.39, 0.29) is 0 Å². The van der Waals surface area contributed by atoms with Crippen molar-refractivity contribution in [3.63, 3.8) is 0 Å². The fourth-order valence-corrected chi connectivity index (χ4v) is 3.33. The Morgan fingerprint density at radius 1 is 1.11 bits per heavy atom. The summed E-state index contributed by atoms with van der Waals surface area (Å²) in [4.78, 5) is 1.41. The number of thioether (sulfide) groups is 1. The first kappa shape index (κ1) is 14.9. The van der Waals surface area contributed by atoms with Crippen LogP contribution in [0.3, 0.4) is 0 Å². The van der Waals surface area contributed by atoms with Gasteiger partial charge in [0.15, 0.2) is 0 Å². The maximum atomic E-state index is 5.68. The highest BCUT2D eigenvalue weighted by Crippen LogP contribution is 2.36. The van der Waals surface area contributed by atoms with E-state index >= 15 is 0 Å². The zero-order chi connectivity index (χ0) is 13.3. The second kappa shape index (κ2) is 8.59. The van der Waals surface area contributed by atoms with Crippen LogP contribution in [0, 0.1) is 0 Å². The van der Waals surface area contributed by atoms with Crippen molar-refractivity contribution in [3.05, 3.63) is 29.8 Å². The quantitative estimate of drug-likeness (QED) is 0.651. The van der Waals surface area contributed by atoms with Crippen LogP contribution in [0.1, 0.15) is 12.0 Å². The zero-order valence-electron chi connectivity index (χ0n) is 11.5. The highest BCUT2D eigenvalue weighted by atomic mass is 32.2. The van der Waals surface area contributed by atoms with E-state index in [4.69, 9.17) is 14.2 Å². The first-order chi connectivity index (χ1) is 9.40. The molecule has 0 amide bonds. The van der Waals surface area contributed by atoms with Crippen molar-refractivity contribution in [2.45, 2.75) is 23.0 Å². The van der Waals surface area contributed by atoms with Gasteiger partial charge in [0, 0.05) is 30.5 Å². The third-order valence-corrected chi connectivity index (χ3v) is 4.32. The van der Waals surface area contributed by atoms with Crippen molar-refractivity contribution in [2.75, 3.05) is 40.1 Å². The van der Waals surface area contributed by atoms with Crippen LogP contribution in [0.15, 0.2) is 29.2 Å². The van der Waals surface area contributed by atoms with Gasteiger partial charge in [-0.1, -0.05) is 18.2 Å². The summed E-state index contributed by atoms with van der Waals surface area (Å²) in [7, 11) is 1.71. The molecule has 0 saturated heterocycles. The molecule has 0 aromatic heterocycles. The molecule has 1 unspecified atom stereocenters. The van der Waals surface area contributed by atoms with E-state index in [0.717, 1.165) is 32.7 Å². The van der Waals surface area contributed by atoms with Gasteiger partial charge in [-0.2, -0.15) is 0 Å². The predicted molar refractivity (Wildman–Crippen MR) is 77.9 cm³/mol. The van der Waals surface area contributed by atoms with E-state index < -0.39 is 0 Å². The van der Waals surface area contributed by atoms with Crippen molar-refractivity contribution in [2.24, 2.45) is 0 Å². The molecule has 0 N–H and O–H groups in total. The van der Waals surface area contributed by atoms with E-state index in [1.807, 2.05) is 11.8 Å². The van der Waals surface area contributed by atoms with Crippen LogP contribution in [-0.4, -0.2) is 45.4 Å². The fourth-order valence-electron chi connectivity index (χ4n) is 2.09. The molecule has 0 radical (unpaired) electrons. The van der Waals surface area contributed by atoms with E-state index in [2.05, 4.69) is 24.3 Å². The lowest BCUT2D eigenvalue weighted by molar-refractivity contribution is 0.0405. The molecule has 0 aliphatic carbocycles. The minimum Gasteiger partial charge on any atom is -0.385 e. The van der Waals surface area contributed by atoms with Gasteiger partial charge in [-0.3, -0.25) is 0 Å². The number of fused-ring (bicyclic) bond motifs is 1. The molecule has 1 aromatic carbocycles. The Morgan fingerprint density at radius 2 is 1.95 bits per heavy atom. The number of hydrogen-bond donors (Lipinski definition) is 0. The lowest BCUT2D eigenvalue weighted by atomic mass is 10.1. The minimum absolute atomic E-state index is 0.561. The van der Waals surface area contributed by atoms with Crippen molar-refractivity contribution in [1.82, 2.24) is 0 Å². The zero-order valence-corrected chi connectivity index (χ0v) is 12.3. The molecule has 0 fully saturated rings. The molecule has 0 spiro atoms. The second-order valence-corrected chi connectivity index (χ2v) is 5.93. The Bertz CT molecular complexity index is 345. The van der Waals surface area contributed by atoms with Crippen molar-refractivity contribution in [3.8, 4) is 0 Å². The van der Waals surface area contributed by atoms with Gasteiger partial charge in [-0.25, -0.2) is 0 Å². The minimum atomic E-state index is 0.561. The average molecular weight is 282 g/mol. The van der Waals surface area contributed by atoms with E-state index in [1.54, 1.807) is 7.11 Å². The van der Waals surface area contributed by atoms with E-state index in [0.29, 0.717) is 18.5 Å². The van der Waals surface area contributed by atoms with Gasteiger partial charge in [0.1, 0.15) is 0 Å². The largest absolute Gasteiger partial charge is 0.385 e. The number of methoxy groups -OCH3 is 1. The van der Waals surface area contributed by atoms with E-state index in [9.17, 15) is 0 Å². The molecule has 0 saturated carbocycles. The number of benzene rings is 1. The maximum absolute atomic E-state index is 5.68.